The lowest BCUT2D eigenvalue weighted by Gasteiger charge is -2.25. The molecular formula is C29H78N4O10Si6. The maximum atomic E-state index is 10.8. The second-order valence-corrected chi connectivity index (χ2v) is 29.7. The summed E-state index contributed by atoms with van der Waals surface area (Å²) in [4.78, 5) is 0. The van der Waals surface area contributed by atoms with Crippen molar-refractivity contribution in [3.63, 3.8) is 0 Å². The summed E-state index contributed by atoms with van der Waals surface area (Å²) in [6, 6.07) is 3.66. The molecule has 0 aliphatic carbocycles. The van der Waals surface area contributed by atoms with Crippen molar-refractivity contribution in [3.8, 4) is 0 Å². The summed E-state index contributed by atoms with van der Waals surface area (Å²) >= 11 is 0. The average Bonchev–Trinajstić information content (AvgIpc) is 3.07. The Labute approximate surface area is 308 Å². The molecule has 14 nitrogen and oxygen atoms in total. The largest absolute Gasteiger partial charge is 0.500 e. The van der Waals surface area contributed by atoms with Crippen LogP contribution < -0.4 is 22.5 Å². The molecule has 1 unspecified atom stereocenters. The van der Waals surface area contributed by atoms with Gasteiger partial charge in [-0.1, -0.05) is 13.8 Å². The number of hydrogen-bond donors (Lipinski definition) is 4. The molecule has 1 atom stereocenters. The molecule has 0 aromatic heterocycles. The van der Waals surface area contributed by atoms with E-state index in [4.69, 9.17) is 48.2 Å². The van der Waals surface area contributed by atoms with E-state index in [0.29, 0.717) is 12.5 Å². The van der Waals surface area contributed by atoms with Gasteiger partial charge in [-0.2, -0.15) is 0 Å². The summed E-state index contributed by atoms with van der Waals surface area (Å²) in [6.45, 7) is 22.8. The van der Waals surface area contributed by atoms with Gasteiger partial charge in [-0.15, -0.1) is 0 Å². The van der Waals surface area contributed by atoms with E-state index in [0.717, 1.165) is 82.8 Å². The molecule has 0 radical (unpaired) electrons. The number of nitrogens with one attached hydrogen (secondary N) is 1. The highest BCUT2D eigenvalue weighted by Gasteiger charge is 2.36. The van der Waals surface area contributed by atoms with Gasteiger partial charge in [-0.3, -0.25) is 0 Å². The predicted octanol–water partition coefficient (Wildman–Crippen LogP) is 3.85. The van der Waals surface area contributed by atoms with Crippen LogP contribution in [0.2, 0.25) is 56.9 Å². The third kappa shape index (κ3) is 40.9. The molecule has 0 heterocycles. The van der Waals surface area contributed by atoms with Crippen LogP contribution in [-0.4, -0.2) is 132 Å². The fourth-order valence-corrected chi connectivity index (χ4v) is 10.5. The molecule has 298 valence electrons. The minimum absolute atomic E-state index is 0.566. The number of nitrogens with two attached hydrogens (primary N) is 3. The minimum atomic E-state index is -2.32. The van der Waals surface area contributed by atoms with Crippen LogP contribution in [0.3, 0.4) is 0 Å². The van der Waals surface area contributed by atoms with Crippen LogP contribution >= 0.6 is 0 Å². The highest BCUT2D eigenvalue weighted by atomic mass is 29.2. The first-order valence-corrected chi connectivity index (χ1v) is 31.2. The zero-order chi connectivity index (χ0) is 39.4. The zero-order valence-electron chi connectivity index (χ0n) is 33.8. The van der Waals surface area contributed by atoms with Gasteiger partial charge in [0.15, 0.2) is 0 Å². The fraction of sp³-hybridized carbons (Fsp3) is 1.00. The molecule has 0 saturated heterocycles. The van der Waals surface area contributed by atoms with E-state index in [9.17, 15) is 13.4 Å². The van der Waals surface area contributed by atoms with Crippen molar-refractivity contribution in [1.29, 1.82) is 0 Å². The zero-order valence-corrected chi connectivity index (χ0v) is 39.8. The topological polar surface area (TPSA) is 206 Å². The van der Waals surface area contributed by atoms with Gasteiger partial charge in [0.25, 0.3) is 8.68 Å². The molecule has 0 aliphatic heterocycles. The molecule has 49 heavy (non-hydrogen) atoms. The quantitative estimate of drug-likeness (QED) is 0.102. The normalized spacial score (nSPS) is 11.7. The van der Waals surface area contributed by atoms with Crippen LogP contribution in [0.1, 0.15) is 47.0 Å². The van der Waals surface area contributed by atoms with E-state index in [2.05, 4.69) is 25.7 Å². The van der Waals surface area contributed by atoms with E-state index < -0.39 is 51.0 Å². The smallest absolute Gasteiger partial charge is 0.398 e. The summed E-state index contributed by atoms with van der Waals surface area (Å²) in [5.74, 6) is 0.566. The standard InChI is InChI=1S/C8H21NO2Si.C7H17NOSi.C6H17NO3Si.C6H17NO2Si.C2H6O2Si2/c1-4-10-12(3,11-5-2)8-6-7-9;1-4-8-5-7(2)6-10(3)9;1-8-11(9-2,10-3)6-4-5-7;1-8-10(3,9-2)6-4-5-7;1-5(3)6(2)4/h4-9H2,1-3H3;7-8H,4-6H2,1-3H3;4-7H2,1-3H3;4-7H2,1-3H3;1-2H3. The molecule has 0 amide bonds. The molecule has 0 aliphatic rings. The maximum absolute atomic E-state index is 10.8. The highest BCUT2D eigenvalue weighted by molar-refractivity contribution is 7.06. The second kappa shape index (κ2) is 39.5. The van der Waals surface area contributed by atoms with Gasteiger partial charge < -0.3 is 66.9 Å². The van der Waals surface area contributed by atoms with Crippen molar-refractivity contribution in [1.82, 2.24) is 5.32 Å². The maximum Gasteiger partial charge on any atom is 0.500 e. The van der Waals surface area contributed by atoms with Gasteiger partial charge in [-0.25, -0.2) is 0 Å². The average molecular weight is 811 g/mol. The third-order valence-electron chi connectivity index (χ3n) is 6.93. The van der Waals surface area contributed by atoms with E-state index in [-0.39, 0.29) is 0 Å². The summed E-state index contributed by atoms with van der Waals surface area (Å²) in [5.41, 5.74) is 16.2. The van der Waals surface area contributed by atoms with Crippen LogP contribution in [0.15, 0.2) is 0 Å². The molecule has 0 fully saturated rings. The lowest BCUT2D eigenvalue weighted by atomic mass is 10.2. The SMILES string of the molecule is CCNCC(C)C[Si](C)=O.CCO[Si](C)(CCCN)OCC.CO[Si](C)(CCCN)OC.CO[Si](CCCN)(OC)OC.C[Si](=O)[Si](C)=O. The Morgan fingerprint density at radius 3 is 1.27 bits per heavy atom. The molecular weight excluding hydrogens is 733 g/mol. The Balaban J connectivity index is -0.000000167. The van der Waals surface area contributed by atoms with Gasteiger partial charge in [0.05, 0.1) is 0 Å². The summed E-state index contributed by atoms with van der Waals surface area (Å²) in [6.07, 6.45) is 2.87. The van der Waals surface area contributed by atoms with Gasteiger partial charge in [0.2, 0.25) is 0 Å². The molecule has 7 N–H and O–H groups in total. The van der Waals surface area contributed by atoms with Crippen LogP contribution in [0, 0.1) is 5.92 Å². The van der Waals surface area contributed by atoms with Gasteiger partial charge in [0.1, 0.15) is 0 Å². The van der Waals surface area contributed by atoms with Crippen LogP contribution in [-0.2, 0) is 44.4 Å². The number of rotatable bonds is 24. The molecule has 0 aromatic rings. The van der Waals surface area contributed by atoms with Crippen molar-refractivity contribution in [2.45, 2.75) is 104 Å². The Bertz CT molecular complexity index is 749. The van der Waals surface area contributed by atoms with Gasteiger partial charge in [-0.05, 0) is 123 Å². The summed E-state index contributed by atoms with van der Waals surface area (Å²) < 4.78 is 68.2. The highest BCUT2D eigenvalue weighted by Crippen LogP contribution is 2.15. The molecule has 0 spiro atoms. The lowest BCUT2D eigenvalue weighted by Crippen LogP contribution is -2.42. The minimum Gasteiger partial charge on any atom is -0.398 e. The Morgan fingerprint density at radius 1 is 0.633 bits per heavy atom. The Hall–Kier alpha value is 0.261. The van der Waals surface area contributed by atoms with Gasteiger partial charge in [0, 0.05) is 54.8 Å². The lowest BCUT2D eigenvalue weighted by molar-refractivity contribution is 0.123. The Kier molecular flexibility index (Phi) is 47.2. The summed E-state index contributed by atoms with van der Waals surface area (Å²) in [5, 5.41) is 3.23. The van der Waals surface area contributed by atoms with E-state index in [1.54, 1.807) is 35.5 Å². The first-order chi connectivity index (χ1) is 22.9. The Morgan fingerprint density at radius 2 is 1.00 bits per heavy atom. The third-order valence-corrected chi connectivity index (χ3v) is 21.0. The van der Waals surface area contributed by atoms with Crippen molar-refractivity contribution in [3.05, 3.63) is 0 Å². The number of hydrogen-bond acceptors (Lipinski definition) is 14. The van der Waals surface area contributed by atoms with Gasteiger partial charge >= 0.3 is 42.3 Å². The van der Waals surface area contributed by atoms with Crippen molar-refractivity contribution in [2.24, 2.45) is 23.1 Å². The molecule has 0 aromatic carbocycles. The predicted molar refractivity (Wildman–Crippen MR) is 212 cm³/mol. The molecule has 20 heteroatoms. The monoisotopic (exact) mass is 810 g/mol. The first-order valence-electron chi connectivity index (χ1n) is 17.3. The van der Waals surface area contributed by atoms with E-state index in [1.807, 2.05) is 26.9 Å². The molecule has 0 saturated carbocycles. The van der Waals surface area contributed by atoms with Crippen LogP contribution in [0.4, 0.5) is 0 Å². The fourth-order valence-electron chi connectivity index (χ4n) is 3.76. The second-order valence-electron chi connectivity index (χ2n) is 11.4. The van der Waals surface area contributed by atoms with Crippen molar-refractivity contribution < 1.29 is 44.4 Å². The van der Waals surface area contributed by atoms with Crippen LogP contribution in [0.5, 0.6) is 0 Å². The molecule has 0 bridgehead atoms. The van der Waals surface area contributed by atoms with E-state index in [1.165, 1.54) is 13.1 Å². The van der Waals surface area contributed by atoms with E-state index >= 15 is 0 Å². The van der Waals surface area contributed by atoms with Crippen LogP contribution in [0.25, 0.3) is 0 Å². The molecule has 0 rings (SSSR count). The van der Waals surface area contributed by atoms with Crippen molar-refractivity contribution in [2.75, 3.05) is 81.5 Å². The first kappa shape index (κ1) is 58.6. The summed E-state index contributed by atoms with van der Waals surface area (Å²) in [7, 11) is -2.31. The van der Waals surface area contributed by atoms with Crippen molar-refractivity contribution >= 4 is 51.0 Å².